The fourth-order valence-electron chi connectivity index (χ4n) is 8.92. The van der Waals surface area contributed by atoms with Crippen LogP contribution in [0.15, 0.2) is 0 Å². The van der Waals surface area contributed by atoms with Crippen LogP contribution in [0.1, 0.15) is 91.4 Å². The molecule has 9 atom stereocenters. The van der Waals surface area contributed by atoms with Crippen LogP contribution in [0.2, 0.25) is 0 Å². The van der Waals surface area contributed by atoms with Crippen molar-refractivity contribution >= 4 is 5.97 Å². The summed E-state index contributed by atoms with van der Waals surface area (Å²) >= 11 is 0. The molecule has 3 heteroatoms. The zero-order valence-electron chi connectivity index (χ0n) is 18.7. The highest BCUT2D eigenvalue weighted by molar-refractivity contribution is 5.69. The Balaban J connectivity index is 1.48. The molecule has 0 heterocycles. The summed E-state index contributed by atoms with van der Waals surface area (Å²) in [4.78, 5) is 11.6. The summed E-state index contributed by atoms with van der Waals surface area (Å²) < 4.78 is 4.89. The Bertz CT molecular complexity index is 591. The Hall–Kier alpha value is -0.570. The van der Waals surface area contributed by atoms with Gasteiger partial charge >= 0.3 is 5.97 Å². The third-order valence-electron chi connectivity index (χ3n) is 10.5. The number of methoxy groups -OCH3 is 1. The maximum absolute atomic E-state index is 11.6. The van der Waals surface area contributed by atoms with E-state index in [0.29, 0.717) is 29.2 Å². The Morgan fingerprint density at radius 2 is 1.75 bits per heavy atom. The van der Waals surface area contributed by atoms with Gasteiger partial charge in [-0.05, 0) is 111 Å². The van der Waals surface area contributed by atoms with Crippen LogP contribution in [0.5, 0.6) is 0 Å². The predicted octanol–water partition coefficient (Wildman–Crippen LogP) is 5.56. The van der Waals surface area contributed by atoms with E-state index in [0.717, 1.165) is 36.0 Å². The summed E-state index contributed by atoms with van der Waals surface area (Å²) in [6.45, 7) is 7.65. The normalized spacial score (nSPS) is 48.9. The molecule has 4 fully saturated rings. The summed E-state index contributed by atoms with van der Waals surface area (Å²) in [6.07, 6.45) is 13.9. The number of nitrogens with two attached hydrogens (primary N) is 1. The number of carbonyl (C=O) groups is 1. The molecule has 4 aliphatic carbocycles. The average Bonchev–Trinajstić information content (AvgIpc) is 3.03. The van der Waals surface area contributed by atoms with Gasteiger partial charge in [-0.1, -0.05) is 20.8 Å². The van der Waals surface area contributed by atoms with Crippen LogP contribution in [0.4, 0.5) is 0 Å². The molecule has 3 nitrogen and oxygen atoms in total. The molecule has 0 aliphatic heterocycles. The van der Waals surface area contributed by atoms with E-state index in [-0.39, 0.29) is 5.97 Å². The lowest BCUT2D eigenvalue weighted by atomic mass is 9.44. The standard InChI is InChI=1S/C25H43NO2/c1-16(5-10-23(27)28-4)20-8-9-21-19-7-6-17-15-18(26)11-13-24(17,2)22(19)12-14-25(20,21)3/h16-22H,5-15,26H2,1-4H3/t16-,17?,18+,19?,20-,21?,22?,24+,25-/m1/s1. The van der Waals surface area contributed by atoms with Crippen LogP contribution < -0.4 is 5.73 Å². The van der Waals surface area contributed by atoms with Gasteiger partial charge in [-0.15, -0.1) is 0 Å². The van der Waals surface area contributed by atoms with Crippen molar-refractivity contribution < 1.29 is 9.53 Å². The second-order valence-corrected chi connectivity index (χ2v) is 11.5. The molecule has 0 saturated heterocycles. The van der Waals surface area contributed by atoms with E-state index in [1.165, 1.54) is 64.9 Å². The molecule has 2 N–H and O–H groups in total. The van der Waals surface area contributed by atoms with Crippen molar-refractivity contribution in [2.24, 2.45) is 52.1 Å². The van der Waals surface area contributed by atoms with Gasteiger partial charge in [-0.2, -0.15) is 0 Å². The first kappa shape index (κ1) is 20.7. The van der Waals surface area contributed by atoms with Crippen molar-refractivity contribution in [1.82, 2.24) is 0 Å². The zero-order valence-corrected chi connectivity index (χ0v) is 18.7. The number of carbonyl (C=O) groups excluding carboxylic acids is 1. The monoisotopic (exact) mass is 389 g/mol. The molecule has 0 bridgehead atoms. The average molecular weight is 390 g/mol. The number of ether oxygens (including phenoxy) is 1. The number of esters is 1. The lowest BCUT2D eigenvalue weighted by Crippen LogP contribution is -2.54. The van der Waals surface area contributed by atoms with Gasteiger partial charge in [-0.25, -0.2) is 0 Å². The minimum atomic E-state index is -0.0444. The van der Waals surface area contributed by atoms with E-state index in [2.05, 4.69) is 20.8 Å². The molecule has 160 valence electrons. The molecule has 0 aromatic rings. The summed E-state index contributed by atoms with van der Waals surface area (Å²) in [5.41, 5.74) is 7.39. The van der Waals surface area contributed by atoms with Crippen molar-refractivity contribution in [2.45, 2.75) is 97.4 Å². The van der Waals surface area contributed by atoms with Crippen LogP contribution in [0.25, 0.3) is 0 Å². The fourth-order valence-corrected chi connectivity index (χ4v) is 8.92. The maximum Gasteiger partial charge on any atom is 0.305 e. The van der Waals surface area contributed by atoms with Crippen LogP contribution >= 0.6 is 0 Å². The smallest absolute Gasteiger partial charge is 0.305 e. The van der Waals surface area contributed by atoms with Crippen LogP contribution in [-0.2, 0) is 9.53 Å². The second-order valence-electron chi connectivity index (χ2n) is 11.5. The van der Waals surface area contributed by atoms with E-state index in [1.807, 2.05) is 0 Å². The van der Waals surface area contributed by atoms with Crippen LogP contribution in [0, 0.1) is 46.3 Å². The Morgan fingerprint density at radius 1 is 1.04 bits per heavy atom. The van der Waals surface area contributed by atoms with Crippen molar-refractivity contribution in [2.75, 3.05) is 7.11 Å². The van der Waals surface area contributed by atoms with Gasteiger partial charge in [-0.3, -0.25) is 4.79 Å². The predicted molar refractivity (Wildman–Crippen MR) is 114 cm³/mol. The van der Waals surface area contributed by atoms with Gasteiger partial charge in [0.15, 0.2) is 0 Å². The summed E-state index contributed by atoms with van der Waals surface area (Å²) in [6, 6.07) is 0.454. The Morgan fingerprint density at radius 3 is 2.50 bits per heavy atom. The van der Waals surface area contributed by atoms with E-state index in [1.54, 1.807) is 0 Å². The SMILES string of the molecule is COC(=O)CC[C@@H](C)[C@H]1CCC2C3CCC4C[C@@H](N)CC[C@]4(C)C3CC[C@@]21C. The Labute approximate surface area is 172 Å². The van der Waals surface area contributed by atoms with Crippen LogP contribution in [-0.4, -0.2) is 19.1 Å². The fraction of sp³-hybridized carbons (Fsp3) is 0.960. The third kappa shape index (κ3) is 3.24. The minimum Gasteiger partial charge on any atom is -0.469 e. The first-order valence-corrected chi connectivity index (χ1v) is 12.1. The number of hydrogen-bond donors (Lipinski definition) is 1. The summed E-state index contributed by atoms with van der Waals surface area (Å²) in [5.74, 6) is 5.02. The first-order chi connectivity index (χ1) is 13.3. The third-order valence-corrected chi connectivity index (χ3v) is 10.5. The minimum absolute atomic E-state index is 0.0444. The highest BCUT2D eigenvalue weighted by atomic mass is 16.5. The van der Waals surface area contributed by atoms with Gasteiger partial charge in [0.25, 0.3) is 0 Å². The van der Waals surface area contributed by atoms with Gasteiger partial charge in [0, 0.05) is 12.5 Å². The molecular formula is C25H43NO2. The second kappa shape index (κ2) is 7.60. The molecule has 0 aromatic heterocycles. The highest BCUT2D eigenvalue weighted by Crippen LogP contribution is 2.68. The molecule has 4 rings (SSSR count). The number of hydrogen-bond acceptors (Lipinski definition) is 3. The van der Waals surface area contributed by atoms with E-state index in [4.69, 9.17) is 10.5 Å². The van der Waals surface area contributed by atoms with Crippen molar-refractivity contribution in [3.05, 3.63) is 0 Å². The van der Waals surface area contributed by atoms with Gasteiger partial charge in [0.2, 0.25) is 0 Å². The van der Waals surface area contributed by atoms with E-state index < -0.39 is 0 Å². The number of fused-ring (bicyclic) bond motifs is 5. The molecule has 28 heavy (non-hydrogen) atoms. The molecule has 4 aliphatic rings. The van der Waals surface area contributed by atoms with Crippen molar-refractivity contribution in [1.29, 1.82) is 0 Å². The molecule has 0 spiro atoms. The van der Waals surface area contributed by atoms with Crippen LogP contribution in [0.3, 0.4) is 0 Å². The Kier molecular flexibility index (Phi) is 5.61. The van der Waals surface area contributed by atoms with Gasteiger partial charge in [0.1, 0.15) is 0 Å². The molecule has 4 unspecified atom stereocenters. The lowest BCUT2D eigenvalue weighted by Gasteiger charge is -2.61. The maximum atomic E-state index is 11.6. The lowest BCUT2D eigenvalue weighted by molar-refractivity contribution is -0.141. The molecular weight excluding hydrogens is 346 g/mol. The van der Waals surface area contributed by atoms with Gasteiger partial charge < -0.3 is 10.5 Å². The molecule has 4 saturated carbocycles. The highest BCUT2D eigenvalue weighted by Gasteiger charge is 2.60. The molecule has 0 amide bonds. The van der Waals surface area contributed by atoms with Gasteiger partial charge in [0.05, 0.1) is 7.11 Å². The molecule has 0 aromatic carbocycles. The first-order valence-electron chi connectivity index (χ1n) is 12.1. The van der Waals surface area contributed by atoms with E-state index in [9.17, 15) is 4.79 Å². The quantitative estimate of drug-likeness (QED) is 0.640. The zero-order chi connectivity index (χ0) is 20.1. The largest absolute Gasteiger partial charge is 0.469 e. The number of rotatable bonds is 4. The van der Waals surface area contributed by atoms with E-state index >= 15 is 0 Å². The van der Waals surface area contributed by atoms with Crippen molar-refractivity contribution in [3.63, 3.8) is 0 Å². The van der Waals surface area contributed by atoms with Crippen molar-refractivity contribution in [3.8, 4) is 0 Å². The topological polar surface area (TPSA) is 52.3 Å². The summed E-state index contributed by atoms with van der Waals surface area (Å²) in [5, 5.41) is 0. The summed E-state index contributed by atoms with van der Waals surface area (Å²) in [7, 11) is 1.51. The molecule has 0 radical (unpaired) electrons.